The standard InChI is InChI=1S/C13H22N4/c1-8-3-12(17(2)16-8)7-13(15-14)11-5-9-4-10(9)6-11/h3,9-11,13,15H,4-7,14H2,1-2H3. The Morgan fingerprint density at radius 2 is 2.18 bits per heavy atom. The maximum Gasteiger partial charge on any atom is 0.0596 e. The second kappa shape index (κ2) is 4.10. The Kier molecular flexibility index (Phi) is 2.71. The number of aryl methyl sites for hydroxylation is 2. The molecular formula is C13H22N4. The third-order valence-electron chi connectivity index (χ3n) is 4.59. The second-order valence-electron chi connectivity index (χ2n) is 5.87. The summed E-state index contributed by atoms with van der Waals surface area (Å²) in [6.07, 6.45) is 5.21. The summed E-state index contributed by atoms with van der Waals surface area (Å²) in [7, 11) is 2.02. The van der Waals surface area contributed by atoms with Gasteiger partial charge in [0.2, 0.25) is 0 Å². The highest BCUT2D eigenvalue weighted by molar-refractivity contribution is 5.11. The number of hydrogen-bond donors (Lipinski definition) is 2. The van der Waals surface area contributed by atoms with Gasteiger partial charge in [-0.1, -0.05) is 0 Å². The van der Waals surface area contributed by atoms with Crippen molar-refractivity contribution in [3.63, 3.8) is 0 Å². The van der Waals surface area contributed by atoms with Crippen LogP contribution in [0.25, 0.3) is 0 Å². The van der Waals surface area contributed by atoms with Crippen molar-refractivity contribution in [2.45, 2.75) is 38.6 Å². The Labute approximate surface area is 103 Å². The molecule has 1 aromatic rings. The number of rotatable bonds is 4. The highest BCUT2D eigenvalue weighted by atomic mass is 15.3. The monoisotopic (exact) mass is 234 g/mol. The van der Waals surface area contributed by atoms with E-state index in [0.29, 0.717) is 6.04 Å². The lowest BCUT2D eigenvalue weighted by Crippen LogP contribution is -2.42. The van der Waals surface area contributed by atoms with Crippen LogP contribution in [0.1, 0.15) is 30.7 Å². The molecule has 0 radical (unpaired) electrons. The SMILES string of the molecule is Cc1cc(CC(NN)C2CC3CC3C2)n(C)n1. The van der Waals surface area contributed by atoms with Crippen LogP contribution in [-0.2, 0) is 13.5 Å². The third-order valence-corrected chi connectivity index (χ3v) is 4.59. The largest absolute Gasteiger partial charge is 0.272 e. The number of hydrogen-bond acceptors (Lipinski definition) is 3. The molecule has 94 valence electrons. The zero-order valence-electron chi connectivity index (χ0n) is 10.7. The highest BCUT2D eigenvalue weighted by Gasteiger charge is 2.47. The summed E-state index contributed by atoms with van der Waals surface area (Å²) < 4.78 is 1.98. The van der Waals surface area contributed by atoms with Gasteiger partial charge in [-0.25, -0.2) is 0 Å². The molecule has 2 fully saturated rings. The number of hydrazine groups is 1. The lowest BCUT2D eigenvalue weighted by atomic mass is 9.91. The van der Waals surface area contributed by atoms with Gasteiger partial charge in [-0.2, -0.15) is 5.10 Å². The summed E-state index contributed by atoms with van der Waals surface area (Å²) in [4.78, 5) is 0. The molecule has 0 amide bonds. The number of nitrogens with zero attached hydrogens (tertiary/aromatic N) is 2. The van der Waals surface area contributed by atoms with Crippen LogP contribution in [0.4, 0.5) is 0 Å². The van der Waals surface area contributed by atoms with Crippen molar-refractivity contribution in [2.24, 2.45) is 30.6 Å². The minimum absolute atomic E-state index is 0.414. The molecule has 1 heterocycles. The van der Waals surface area contributed by atoms with E-state index in [0.717, 1.165) is 29.9 Å². The van der Waals surface area contributed by atoms with Gasteiger partial charge in [0.15, 0.2) is 0 Å². The minimum atomic E-state index is 0.414. The lowest BCUT2D eigenvalue weighted by molar-refractivity contribution is 0.331. The Morgan fingerprint density at radius 3 is 2.71 bits per heavy atom. The molecule has 4 heteroatoms. The van der Waals surface area contributed by atoms with E-state index in [4.69, 9.17) is 5.84 Å². The van der Waals surface area contributed by atoms with Gasteiger partial charge in [0, 0.05) is 25.2 Å². The zero-order chi connectivity index (χ0) is 12.0. The maximum absolute atomic E-state index is 5.74. The predicted octanol–water partition coefficient (Wildman–Crippen LogP) is 1.15. The molecule has 4 nitrogen and oxygen atoms in total. The zero-order valence-corrected chi connectivity index (χ0v) is 10.7. The molecule has 17 heavy (non-hydrogen) atoms. The first-order valence-electron chi connectivity index (χ1n) is 6.63. The van der Waals surface area contributed by atoms with Gasteiger partial charge < -0.3 is 0 Å². The van der Waals surface area contributed by atoms with Gasteiger partial charge in [0.25, 0.3) is 0 Å². The van der Waals surface area contributed by atoms with E-state index >= 15 is 0 Å². The maximum atomic E-state index is 5.74. The lowest BCUT2D eigenvalue weighted by Gasteiger charge is -2.23. The third kappa shape index (κ3) is 2.11. The van der Waals surface area contributed by atoms with Crippen LogP contribution in [0.3, 0.4) is 0 Å². The van der Waals surface area contributed by atoms with E-state index in [9.17, 15) is 0 Å². The molecule has 0 spiro atoms. The predicted molar refractivity (Wildman–Crippen MR) is 67.1 cm³/mol. The highest BCUT2D eigenvalue weighted by Crippen LogP contribution is 2.55. The van der Waals surface area contributed by atoms with E-state index < -0.39 is 0 Å². The number of fused-ring (bicyclic) bond motifs is 1. The van der Waals surface area contributed by atoms with Crippen LogP contribution in [0, 0.1) is 24.7 Å². The fourth-order valence-corrected chi connectivity index (χ4v) is 3.53. The number of nitrogens with one attached hydrogen (secondary N) is 1. The molecule has 3 atom stereocenters. The quantitative estimate of drug-likeness (QED) is 0.607. The number of aromatic nitrogens is 2. The topological polar surface area (TPSA) is 55.9 Å². The molecule has 2 aliphatic carbocycles. The van der Waals surface area contributed by atoms with Gasteiger partial charge in [-0.05, 0) is 50.0 Å². The van der Waals surface area contributed by atoms with Gasteiger partial charge >= 0.3 is 0 Å². The van der Waals surface area contributed by atoms with Crippen molar-refractivity contribution < 1.29 is 0 Å². The van der Waals surface area contributed by atoms with Crippen molar-refractivity contribution in [3.05, 3.63) is 17.5 Å². The van der Waals surface area contributed by atoms with Crippen LogP contribution < -0.4 is 11.3 Å². The van der Waals surface area contributed by atoms with Crippen LogP contribution in [0.2, 0.25) is 0 Å². The number of nitrogens with two attached hydrogens (primary N) is 1. The second-order valence-corrected chi connectivity index (χ2v) is 5.87. The molecule has 2 aliphatic rings. The Balaban J connectivity index is 1.67. The molecule has 3 unspecified atom stereocenters. The van der Waals surface area contributed by atoms with Crippen molar-refractivity contribution in [1.82, 2.24) is 15.2 Å². The fraction of sp³-hybridized carbons (Fsp3) is 0.769. The van der Waals surface area contributed by atoms with Crippen molar-refractivity contribution in [3.8, 4) is 0 Å². The average Bonchev–Trinajstić information content (AvgIpc) is 2.77. The first kappa shape index (κ1) is 11.2. The van der Waals surface area contributed by atoms with Crippen molar-refractivity contribution in [2.75, 3.05) is 0 Å². The van der Waals surface area contributed by atoms with Gasteiger partial charge in [0.1, 0.15) is 0 Å². The van der Waals surface area contributed by atoms with Crippen LogP contribution in [0.5, 0.6) is 0 Å². The summed E-state index contributed by atoms with van der Waals surface area (Å²) in [5.41, 5.74) is 5.40. The summed E-state index contributed by atoms with van der Waals surface area (Å²) in [6.45, 7) is 2.04. The molecular weight excluding hydrogens is 212 g/mol. The van der Waals surface area contributed by atoms with E-state index in [1.165, 1.54) is 25.0 Å². The Morgan fingerprint density at radius 1 is 1.47 bits per heavy atom. The first-order valence-corrected chi connectivity index (χ1v) is 6.63. The molecule has 0 aromatic carbocycles. The van der Waals surface area contributed by atoms with Crippen LogP contribution >= 0.6 is 0 Å². The molecule has 0 saturated heterocycles. The minimum Gasteiger partial charge on any atom is -0.272 e. The summed E-state index contributed by atoms with van der Waals surface area (Å²) in [6, 6.07) is 2.58. The molecule has 3 rings (SSSR count). The molecule has 0 bridgehead atoms. The van der Waals surface area contributed by atoms with Crippen LogP contribution in [0.15, 0.2) is 6.07 Å². The van der Waals surface area contributed by atoms with Gasteiger partial charge in [-0.3, -0.25) is 16.0 Å². The van der Waals surface area contributed by atoms with Gasteiger partial charge in [-0.15, -0.1) is 0 Å². The average molecular weight is 234 g/mol. The summed E-state index contributed by atoms with van der Waals surface area (Å²) in [5, 5.41) is 4.40. The van der Waals surface area contributed by atoms with Crippen molar-refractivity contribution >= 4 is 0 Å². The first-order chi connectivity index (χ1) is 8.17. The van der Waals surface area contributed by atoms with E-state index in [1.807, 2.05) is 18.7 Å². The molecule has 0 aliphatic heterocycles. The summed E-state index contributed by atoms with van der Waals surface area (Å²) >= 11 is 0. The van der Waals surface area contributed by atoms with Crippen LogP contribution in [-0.4, -0.2) is 15.8 Å². The van der Waals surface area contributed by atoms with Gasteiger partial charge in [0.05, 0.1) is 5.69 Å². The molecule has 2 saturated carbocycles. The summed E-state index contributed by atoms with van der Waals surface area (Å²) in [5.74, 6) is 8.54. The van der Waals surface area contributed by atoms with E-state index in [-0.39, 0.29) is 0 Å². The molecule has 3 N–H and O–H groups in total. The Bertz CT molecular complexity index is 402. The fourth-order valence-electron chi connectivity index (χ4n) is 3.53. The van der Waals surface area contributed by atoms with E-state index in [2.05, 4.69) is 16.6 Å². The van der Waals surface area contributed by atoms with E-state index in [1.54, 1.807) is 0 Å². The Hall–Kier alpha value is -0.870. The van der Waals surface area contributed by atoms with Crippen molar-refractivity contribution in [1.29, 1.82) is 0 Å². The smallest absolute Gasteiger partial charge is 0.0596 e. The molecule has 1 aromatic heterocycles. The normalized spacial score (nSPS) is 32.5.